The van der Waals surface area contributed by atoms with Crippen LogP contribution in [0.1, 0.15) is 26.3 Å². The number of nitrogens with zero attached hydrogens (tertiary/aromatic N) is 1. The molecule has 1 aliphatic heterocycles. The predicted octanol–water partition coefficient (Wildman–Crippen LogP) is 4.82. The van der Waals surface area contributed by atoms with Crippen LogP contribution < -0.4 is 10.2 Å². The summed E-state index contributed by atoms with van der Waals surface area (Å²) in [6.45, 7) is 0. The van der Waals surface area contributed by atoms with Crippen LogP contribution in [-0.2, 0) is 11.2 Å². The van der Waals surface area contributed by atoms with Crippen LogP contribution >= 0.6 is 0 Å². The Bertz CT molecular complexity index is 1320. The summed E-state index contributed by atoms with van der Waals surface area (Å²) in [6.07, 6.45) is 0.221. The first-order chi connectivity index (χ1) is 15.1. The lowest BCUT2D eigenvalue weighted by atomic mass is 10.0. The molecule has 0 spiro atoms. The van der Waals surface area contributed by atoms with Crippen LogP contribution in [0.3, 0.4) is 0 Å². The normalized spacial score (nSPS) is 12.8. The number of anilines is 2. The van der Waals surface area contributed by atoms with Crippen molar-refractivity contribution in [3.8, 4) is 0 Å². The van der Waals surface area contributed by atoms with Crippen molar-refractivity contribution >= 4 is 39.9 Å². The summed E-state index contributed by atoms with van der Waals surface area (Å²) in [6, 6.07) is 27.4. The lowest BCUT2D eigenvalue weighted by molar-refractivity contribution is -0.115. The van der Waals surface area contributed by atoms with Crippen molar-refractivity contribution in [1.29, 1.82) is 0 Å². The van der Waals surface area contributed by atoms with E-state index in [-0.39, 0.29) is 24.1 Å². The van der Waals surface area contributed by atoms with Gasteiger partial charge in [0.1, 0.15) is 0 Å². The van der Waals surface area contributed by atoms with Crippen molar-refractivity contribution in [2.75, 3.05) is 10.2 Å². The Hall–Kier alpha value is -4.25. The fourth-order valence-corrected chi connectivity index (χ4v) is 3.97. The third kappa shape index (κ3) is 3.36. The number of benzene rings is 4. The number of carbonyl (C=O) groups excluding carboxylic acids is 3. The monoisotopic (exact) mass is 406 g/mol. The molecule has 31 heavy (non-hydrogen) atoms. The van der Waals surface area contributed by atoms with Gasteiger partial charge in [-0.15, -0.1) is 0 Å². The van der Waals surface area contributed by atoms with Gasteiger partial charge in [-0.3, -0.25) is 14.4 Å². The molecule has 0 bridgehead atoms. The summed E-state index contributed by atoms with van der Waals surface area (Å²) < 4.78 is 0. The van der Waals surface area contributed by atoms with Crippen molar-refractivity contribution < 1.29 is 14.4 Å². The van der Waals surface area contributed by atoms with Gasteiger partial charge in [0, 0.05) is 5.69 Å². The van der Waals surface area contributed by atoms with Crippen molar-refractivity contribution in [1.82, 2.24) is 0 Å². The Balaban J connectivity index is 1.37. The lowest BCUT2D eigenvalue weighted by Crippen LogP contribution is -2.29. The van der Waals surface area contributed by atoms with Crippen molar-refractivity contribution in [3.63, 3.8) is 0 Å². The van der Waals surface area contributed by atoms with Crippen LogP contribution in [0, 0.1) is 0 Å². The Kier molecular flexibility index (Phi) is 4.56. The van der Waals surface area contributed by atoms with Gasteiger partial charge in [-0.2, -0.15) is 0 Å². The van der Waals surface area contributed by atoms with E-state index in [1.54, 1.807) is 48.5 Å². The molecule has 0 saturated heterocycles. The minimum Gasteiger partial charge on any atom is -0.326 e. The van der Waals surface area contributed by atoms with E-state index < -0.39 is 0 Å². The molecule has 1 heterocycles. The molecule has 150 valence electrons. The Labute approximate surface area is 178 Å². The summed E-state index contributed by atoms with van der Waals surface area (Å²) in [5, 5.41) is 5.01. The van der Waals surface area contributed by atoms with Gasteiger partial charge in [-0.05, 0) is 46.7 Å². The van der Waals surface area contributed by atoms with Crippen LogP contribution in [0.5, 0.6) is 0 Å². The zero-order valence-corrected chi connectivity index (χ0v) is 16.5. The number of hydrogen-bond donors (Lipinski definition) is 1. The Morgan fingerprint density at radius 3 is 2.16 bits per heavy atom. The number of imide groups is 1. The SMILES string of the molecule is O=C(Cc1cccc2ccccc12)Nc1cccc(N2C(=O)c3ccccc3C2=O)c1. The maximum absolute atomic E-state index is 12.7. The van der Waals surface area contributed by atoms with Crippen molar-refractivity contribution in [2.24, 2.45) is 0 Å². The molecule has 4 aromatic rings. The number of rotatable bonds is 4. The van der Waals surface area contributed by atoms with Crippen LogP contribution in [0.15, 0.2) is 91.0 Å². The first-order valence-corrected chi connectivity index (χ1v) is 9.96. The van der Waals surface area contributed by atoms with E-state index in [1.165, 1.54) is 0 Å². The molecule has 0 fully saturated rings. The summed E-state index contributed by atoms with van der Waals surface area (Å²) in [5.74, 6) is -0.893. The Morgan fingerprint density at radius 1 is 0.742 bits per heavy atom. The molecule has 1 aliphatic rings. The van der Waals surface area contributed by atoms with E-state index in [4.69, 9.17) is 0 Å². The third-order valence-corrected chi connectivity index (χ3v) is 5.41. The summed E-state index contributed by atoms with van der Waals surface area (Å²) in [5.41, 5.74) is 2.66. The molecule has 1 N–H and O–H groups in total. The first-order valence-electron chi connectivity index (χ1n) is 9.96. The van der Waals surface area contributed by atoms with Crippen LogP contribution in [0.2, 0.25) is 0 Å². The molecular formula is C26H18N2O3. The van der Waals surface area contributed by atoms with Crippen LogP contribution in [-0.4, -0.2) is 17.7 Å². The second-order valence-corrected chi connectivity index (χ2v) is 7.40. The molecule has 5 rings (SSSR count). The number of fused-ring (bicyclic) bond motifs is 2. The predicted molar refractivity (Wildman–Crippen MR) is 120 cm³/mol. The minimum absolute atomic E-state index is 0.170. The largest absolute Gasteiger partial charge is 0.326 e. The number of carbonyl (C=O) groups is 3. The highest BCUT2D eigenvalue weighted by atomic mass is 16.2. The number of hydrogen-bond acceptors (Lipinski definition) is 3. The molecule has 5 nitrogen and oxygen atoms in total. The molecule has 0 saturated carbocycles. The van der Waals surface area contributed by atoms with Gasteiger partial charge in [0.2, 0.25) is 5.91 Å². The second kappa shape index (κ2) is 7.54. The smallest absolute Gasteiger partial charge is 0.266 e. The highest BCUT2D eigenvalue weighted by molar-refractivity contribution is 6.34. The molecule has 0 unspecified atom stereocenters. The maximum atomic E-state index is 12.7. The van der Waals surface area contributed by atoms with E-state index in [0.29, 0.717) is 22.5 Å². The van der Waals surface area contributed by atoms with E-state index in [1.807, 2.05) is 42.5 Å². The van der Waals surface area contributed by atoms with Gasteiger partial charge < -0.3 is 5.32 Å². The molecule has 5 heteroatoms. The first kappa shape index (κ1) is 18.8. The third-order valence-electron chi connectivity index (χ3n) is 5.41. The van der Waals surface area contributed by atoms with E-state index in [9.17, 15) is 14.4 Å². The van der Waals surface area contributed by atoms with Crippen molar-refractivity contribution in [2.45, 2.75) is 6.42 Å². The van der Waals surface area contributed by atoms with Crippen LogP contribution in [0.25, 0.3) is 10.8 Å². The molecular weight excluding hydrogens is 388 g/mol. The van der Waals surface area contributed by atoms with Gasteiger partial charge in [-0.25, -0.2) is 4.90 Å². The van der Waals surface area contributed by atoms with Gasteiger partial charge >= 0.3 is 0 Å². The molecule has 0 radical (unpaired) electrons. The fourth-order valence-electron chi connectivity index (χ4n) is 3.97. The van der Waals surface area contributed by atoms with E-state index in [0.717, 1.165) is 21.2 Å². The van der Waals surface area contributed by atoms with Gasteiger partial charge in [0.25, 0.3) is 11.8 Å². The average molecular weight is 406 g/mol. The lowest BCUT2D eigenvalue weighted by Gasteiger charge is -2.15. The summed E-state index contributed by atoms with van der Waals surface area (Å²) >= 11 is 0. The number of amides is 3. The van der Waals surface area contributed by atoms with E-state index in [2.05, 4.69) is 5.32 Å². The van der Waals surface area contributed by atoms with E-state index >= 15 is 0 Å². The zero-order valence-electron chi connectivity index (χ0n) is 16.5. The maximum Gasteiger partial charge on any atom is 0.266 e. The average Bonchev–Trinajstić information content (AvgIpc) is 3.04. The topological polar surface area (TPSA) is 66.5 Å². The fraction of sp³-hybridized carbons (Fsp3) is 0.0385. The van der Waals surface area contributed by atoms with Gasteiger partial charge in [-0.1, -0.05) is 60.7 Å². The molecule has 0 aromatic heterocycles. The quantitative estimate of drug-likeness (QED) is 0.494. The molecule has 3 amide bonds. The zero-order chi connectivity index (χ0) is 21.4. The molecule has 0 atom stereocenters. The minimum atomic E-state index is -0.361. The van der Waals surface area contributed by atoms with Gasteiger partial charge in [0.15, 0.2) is 0 Å². The molecule has 4 aromatic carbocycles. The highest BCUT2D eigenvalue weighted by Gasteiger charge is 2.36. The summed E-state index contributed by atoms with van der Waals surface area (Å²) in [4.78, 5) is 39.3. The second-order valence-electron chi connectivity index (χ2n) is 7.40. The standard InChI is InChI=1S/C26H18N2O3/c29-24(15-18-9-5-8-17-7-1-2-12-21(17)18)27-19-10-6-11-20(16-19)28-25(30)22-13-3-4-14-23(22)26(28)31/h1-14,16H,15H2,(H,27,29). The Morgan fingerprint density at radius 2 is 1.39 bits per heavy atom. The van der Waals surface area contributed by atoms with Crippen LogP contribution in [0.4, 0.5) is 11.4 Å². The number of nitrogens with one attached hydrogen (secondary N) is 1. The molecule has 0 aliphatic carbocycles. The van der Waals surface area contributed by atoms with Gasteiger partial charge in [0.05, 0.1) is 23.2 Å². The highest BCUT2D eigenvalue weighted by Crippen LogP contribution is 2.30. The summed E-state index contributed by atoms with van der Waals surface area (Å²) in [7, 11) is 0. The van der Waals surface area contributed by atoms with Crippen molar-refractivity contribution in [3.05, 3.63) is 108 Å².